The maximum Gasteiger partial charge on any atom is 0.103 e. The van der Waals surface area contributed by atoms with Crippen LogP contribution >= 0.6 is 15.9 Å². The van der Waals surface area contributed by atoms with Gasteiger partial charge in [-0.05, 0) is 34.5 Å². The lowest BCUT2D eigenvalue weighted by Crippen LogP contribution is -1.89. The zero-order valence-corrected chi connectivity index (χ0v) is 8.54. The molecule has 0 aliphatic heterocycles. The molecule has 0 aliphatic rings. The van der Waals surface area contributed by atoms with E-state index >= 15 is 0 Å². The first-order valence-electron chi connectivity index (χ1n) is 3.76. The van der Waals surface area contributed by atoms with E-state index in [1.165, 1.54) is 0 Å². The lowest BCUT2D eigenvalue weighted by molar-refractivity contribution is 0.949. The van der Waals surface area contributed by atoms with Crippen LogP contribution in [0.15, 0.2) is 22.9 Å². The van der Waals surface area contributed by atoms with E-state index in [-0.39, 0.29) is 0 Å². The van der Waals surface area contributed by atoms with Crippen LogP contribution in [0.3, 0.4) is 0 Å². The lowest BCUT2D eigenvalue weighted by atomic mass is 10.2. The van der Waals surface area contributed by atoms with Gasteiger partial charge in [-0.2, -0.15) is 10.4 Å². The molecule has 4 heteroatoms. The standard InChI is InChI=1S/C9H6BrN3/c1-6-2-8(10)9-7(3-11)4-12-13(9)5-6/h2,4-5H,1H3. The summed E-state index contributed by atoms with van der Waals surface area (Å²) in [5.74, 6) is 0. The highest BCUT2D eigenvalue weighted by molar-refractivity contribution is 9.10. The minimum absolute atomic E-state index is 0.590. The van der Waals surface area contributed by atoms with Crippen molar-refractivity contribution in [3.05, 3.63) is 34.1 Å². The van der Waals surface area contributed by atoms with E-state index in [9.17, 15) is 0 Å². The molecule has 0 saturated carbocycles. The Kier molecular flexibility index (Phi) is 1.82. The van der Waals surface area contributed by atoms with Crippen molar-refractivity contribution in [2.24, 2.45) is 0 Å². The Labute approximate surface area is 83.7 Å². The molecular formula is C9H6BrN3. The number of halogens is 1. The summed E-state index contributed by atoms with van der Waals surface area (Å²) in [7, 11) is 0. The van der Waals surface area contributed by atoms with Crippen molar-refractivity contribution in [3.8, 4) is 6.07 Å². The Morgan fingerprint density at radius 2 is 2.38 bits per heavy atom. The fourth-order valence-corrected chi connectivity index (χ4v) is 2.03. The molecule has 13 heavy (non-hydrogen) atoms. The molecule has 0 N–H and O–H groups in total. The summed E-state index contributed by atoms with van der Waals surface area (Å²) >= 11 is 3.41. The Hall–Kier alpha value is -1.34. The third-order valence-corrected chi connectivity index (χ3v) is 2.43. The van der Waals surface area contributed by atoms with Gasteiger partial charge < -0.3 is 0 Å². The van der Waals surface area contributed by atoms with Crippen LogP contribution in [-0.2, 0) is 0 Å². The normalized spacial score (nSPS) is 10.2. The molecule has 2 aromatic heterocycles. The van der Waals surface area contributed by atoms with Gasteiger partial charge in [0.05, 0.1) is 17.3 Å². The molecule has 0 unspecified atom stereocenters. The predicted octanol–water partition coefficient (Wildman–Crippen LogP) is 2.28. The summed E-state index contributed by atoms with van der Waals surface area (Å²) in [6, 6.07) is 4.07. The van der Waals surface area contributed by atoms with Crippen molar-refractivity contribution in [1.29, 1.82) is 5.26 Å². The van der Waals surface area contributed by atoms with E-state index in [4.69, 9.17) is 5.26 Å². The highest BCUT2D eigenvalue weighted by Crippen LogP contribution is 2.22. The van der Waals surface area contributed by atoms with Crippen LogP contribution in [0.4, 0.5) is 0 Å². The number of nitriles is 1. The molecule has 0 saturated heterocycles. The molecule has 0 amide bonds. The Morgan fingerprint density at radius 1 is 1.62 bits per heavy atom. The molecular weight excluding hydrogens is 230 g/mol. The van der Waals surface area contributed by atoms with E-state index in [2.05, 4.69) is 27.1 Å². The highest BCUT2D eigenvalue weighted by atomic mass is 79.9. The summed E-state index contributed by atoms with van der Waals surface area (Å²) in [5, 5.41) is 12.9. The van der Waals surface area contributed by atoms with Crippen LogP contribution < -0.4 is 0 Å². The number of rotatable bonds is 0. The number of pyridine rings is 1. The Morgan fingerprint density at radius 3 is 3.08 bits per heavy atom. The van der Waals surface area contributed by atoms with Gasteiger partial charge in [0.2, 0.25) is 0 Å². The molecule has 0 aliphatic carbocycles. The van der Waals surface area contributed by atoms with Crippen molar-refractivity contribution < 1.29 is 0 Å². The second kappa shape index (κ2) is 2.86. The number of hydrogen-bond donors (Lipinski definition) is 0. The van der Waals surface area contributed by atoms with Crippen LogP contribution in [0.5, 0.6) is 0 Å². The van der Waals surface area contributed by atoms with Gasteiger partial charge in [0.1, 0.15) is 6.07 Å². The third-order valence-electron chi connectivity index (χ3n) is 1.82. The van der Waals surface area contributed by atoms with Gasteiger partial charge in [-0.3, -0.25) is 0 Å². The lowest BCUT2D eigenvalue weighted by Gasteiger charge is -1.98. The van der Waals surface area contributed by atoms with Crippen molar-refractivity contribution in [2.75, 3.05) is 0 Å². The average molecular weight is 236 g/mol. The van der Waals surface area contributed by atoms with E-state index in [0.29, 0.717) is 5.56 Å². The first kappa shape index (κ1) is 8.27. The number of aryl methyl sites for hydroxylation is 1. The van der Waals surface area contributed by atoms with Gasteiger partial charge in [0.25, 0.3) is 0 Å². The summed E-state index contributed by atoms with van der Waals surface area (Å²) in [5.41, 5.74) is 2.52. The first-order chi connectivity index (χ1) is 6.22. The maximum absolute atomic E-state index is 8.79. The van der Waals surface area contributed by atoms with Crippen molar-refractivity contribution in [3.63, 3.8) is 0 Å². The number of fused-ring (bicyclic) bond motifs is 1. The van der Waals surface area contributed by atoms with Gasteiger partial charge in [-0.15, -0.1) is 0 Å². The summed E-state index contributed by atoms with van der Waals surface area (Å²) in [4.78, 5) is 0. The second-order valence-corrected chi connectivity index (χ2v) is 3.68. The topological polar surface area (TPSA) is 41.1 Å². The number of nitrogens with zero attached hydrogens (tertiary/aromatic N) is 3. The van der Waals surface area contributed by atoms with E-state index in [1.54, 1.807) is 10.7 Å². The van der Waals surface area contributed by atoms with Gasteiger partial charge in [0, 0.05) is 10.7 Å². The highest BCUT2D eigenvalue weighted by Gasteiger charge is 2.06. The zero-order valence-electron chi connectivity index (χ0n) is 6.95. The molecule has 0 bridgehead atoms. The smallest absolute Gasteiger partial charge is 0.103 e. The van der Waals surface area contributed by atoms with Crippen LogP contribution in [-0.4, -0.2) is 9.61 Å². The largest absolute Gasteiger partial charge is 0.238 e. The fourth-order valence-electron chi connectivity index (χ4n) is 1.28. The van der Waals surface area contributed by atoms with Gasteiger partial charge >= 0.3 is 0 Å². The summed E-state index contributed by atoms with van der Waals surface area (Å²) < 4.78 is 2.61. The van der Waals surface area contributed by atoms with Crippen LogP contribution in [0.2, 0.25) is 0 Å². The SMILES string of the molecule is Cc1cc(Br)c2c(C#N)cnn2c1. The predicted molar refractivity (Wildman–Crippen MR) is 52.3 cm³/mol. The number of aromatic nitrogens is 2. The average Bonchev–Trinajstić information content (AvgIpc) is 2.47. The van der Waals surface area contributed by atoms with E-state index in [0.717, 1.165) is 15.6 Å². The molecule has 64 valence electrons. The van der Waals surface area contributed by atoms with E-state index < -0.39 is 0 Å². The Balaban J connectivity index is 2.92. The monoisotopic (exact) mass is 235 g/mol. The van der Waals surface area contributed by atoms with Gasteiger partial charge in [0.15, 0.2) is 0 Å². The van der Waals surface area contributed by atoms with Crippen LogP contribution in [0.25, 0.3) is 5.52 Å². The van der Waals surface area contributed by atoms with Crippen molar-refractivity contribution >= 4 is 21.4 Å². The quantitative estimate of drug-likeness (QED) is 0.704. The zero-order chi connectivity index (χ0) is 9.42. The van der Waals surface area contributed by atoms with Gasteiger partial charge in [-0.25, -0.2) is 4.52 Å². The molecule has 0 spiro atoms. The maximum atomic E-state index is 8.79. The number of hydrogen-bond acceptors (Lipinski definition) is 2. The Bertz CT molecular complexity index is 507. The first-order valence-corrected chi connectivity index (χ1v) is 4.55. The molecule has 2 rings (SSSR count). The van der Waals surface area contributed by atoms with Gasteiger partial charge in [-0.1, -0.05) is 0 Å². The van der Waals surface area contributed by atoms with Crippen LogP contribution in [0, 0.1) is 18.3 Å². The molecule has 2 heterocycles. The molecule has 3 nitrogen and oxygen atoms in total. The van der Waals surface area contributed by atoms with Crippen molar-refractivity contribution in [2.45, 2.75) is 6.92 Å². The second-order valence-electron chi connectivity index (χ2n) is 2.83. The third kappa shape index (κ3) is 1.21. The van der Waals surface area contributed by atoms with Crippen LogP contribution in [0.1, 0.15) is 11.1 Å². The molecule has 0 radical (unpaired) electrons. The minimum Gasteiger partial charge on any atom is -0.238 e. The summed E-state index contributed by atoms with van der Waals surface area (Å²) in [6.07, 6.45) is 3.46. The molecule has 0 fully saturated rings. The molecule has 0 atom stereocenters. The summed E-state index contributed by atoms with van der Waals surface area (Å²) in [6.45, 7) is 1.98. The minimum atomic E-state index is 0.590. The van der Waals surface area contributed by atoms with E-state index in [1.807, 2.05) is 19.2 Å². The van der Waals surface area contributed by atoms with Crippen molar-refractivity contribution in [1.82, 2.24) is 9.61 Å². The fraction of sp³-hybridized carbons (Fsp3) is 0.111. The molecule has 0 aromatic carbocycles. The molecule has 2 aromatic rings.